The zero-order valence-electron chi connectivity index (χ0n) is 47.4. The van der Waals surface area contributed by atoms with Crippen LogP contribution in [0.1, 0.15) is 265 Å². The van der Waals surface area contributed by atoms with E-state index in [2.05, 4.69) is 142 Å². The van der Waals surface area contributed by atoms with Crippen LogP contribution in [0.15, 0.2) is 122 Å². The number of esters is 3. The summed E-state index contributed by atoms with van der Waals surface area (Å²) in [6, 6.07) is 0. The van der Waals surface area contributed by atoms with Crippen LogP contribution in [0.3, 0.4) is 0 Å². The van der Waals surface area contributed by atoms with E-state index < -0.39 is 6.10 Å². The summed E-state index contributed by atoms with van der Waals surface area (Å²) in [5, 5.41) is 0. The third-order valence-electron chi connectivity index (χ3n) is 12.5. The third-order valence-corrected chi connectivity index (χ3v) is 12.5. The van der Waals surface area contributed by atoms with Crippen LogP contribution in [0.25, 0.3) is 0 Å². The molecule has 0 rings (SSSR count). The SMILES string of the molecule is CC/C=C\C/C=C\C/C=C\C/C=C\C/C=C\C/C=C\C/C=C\C/C=C\CCCCC(=O)OCC(COC(=O)CCCCCCCCCCC)OC(=O)CCCCCCCCCCC/C=C\C/C=C\CCCCC. The molecule has 0 aromatic heterocycles. The summed E-state index contributed by atoms with van der Waals surface area (Å²) in [6.45, 7) is 6.44. The third kappa shape index (κ3) is 58.6. The fraction of sp³-hybridized carbons (Fsp3) is 0.657. The minimum absolute atomic E-state index is 0.0945. The van der Waals surface area contributed by atoms with Gasteiger partial charge < -0.3 is 14.2 Å². The Balaban J connectivity index is 4.36. The highest BCUT2D eigenvalue weighted by Gasteiger charge is 2.19. The molecule has 0 radical (unpaired) electrons. The van der Waals surface area contributed by atoms with E-state index in [1.54, 1.807) is 0 Å². The Morgan fingerprint density at radius 1 is 0.288 bits per heavy atom. The fourth-order valence-corrected chi connectivity index (χ4v) is 7.96. The molecule has 6 nitrogen and oxygen atoms in total. The summed E-state index contributed by atoms with van der Waals surface area (Å²) in [5.74, 6) is -0.947. The summed E-state index contributed by atoms with van der Waals surface area (Å²) in [5.41, 5.74) is 0. The maximum absolute atomic E-state index is 12.9. The van der Waals surface area contributed by atoms with Gasteiger partial charge in [0.05, 0.1) is 0 Å². The second kappa shape index (κ2) is 60.4. The fourth-order valence-electron chi connectivity index (χ4n) is 7.96. The molecule has 0 spiro atoms. The van der Waals surface area contributed by atoms with Crippen molar-refractivity contribution in [2.45, 2.75) is 271 Å². The Bertz CT molecular complexity index is 1540. The monoisotopic (exact) mass is 1010 g/mol. The summed E-state index contributed by atoms with van der Waals surface area (Å²) < 4.78 is 16.8. The second-order valence-electron chi connectivity index (χ2n) is 19.5. The van der Waals surface area contributed by atoms with Crippen molar-refractivity contribution in [1.82, 2.24) is 0 Å². The molecule has 0 N–H and O–H groups in total. The minimum Gasteiger partial charge on any atom is -0.462 e. The van der Waals surface area contributed by atoms with Crippen molar-refractivity contribution in [3.05, 3.63) is 122 Å². The van der Waals surface area contributed by atoms with Gasteiger partial charge in [0.25, 0.3) is 0 Å². The molecule has 0 fully saturated rings. The van der Waals surface area contributed by atoms with Gasteiger partial charge in [-0.3, -0.25) is 14.4 Å². The standard InChI is InChI=1S/C67H110O6/c1-4-7-10-13-16-19-21-23-25-27-29-30-31-32-33-34-35-36-38-39-41-43-45-48-51-54-57-60-66(69)72-63-64(62-71-65(68)59-56-53-50-47-18-15-12-9-6-3)73-67(70)61-58-55-52-49-46-44-42-40-37-28-26-24-22-20-17-14-11-8-5-2/h7,10,16-17,19-20,23-26,29-30,32-33,35-36,39,41,45,48,64H,4-6,8-9,11-15,18,21-22,27-28,31,34,37-38,40,42-44,46-47,49-63H2,1-3H3/b10-7-,19-16-,20-17-,25-23-,26-24-,30-29-,33-32-,36-35-,41-39-,48-45-. The summed E-state index contributed by atoms with van der Waals surface area (Å²) in [7, 11) is 0. The quantitative estimate of drug-likeness (QED) is 0.0261. The average molecular weight is 1010 g/mol. The van der Waals surface area contributed by atoms with Gasteiger partial charge in [0, 0.05) is 19.3 Å². The van der Waals surface area contributed by atoms with Crippen molar-refractivity contribution < 1.29 is 28.6 Å². The zero-order chi connectivity index (χ0) is 52.9. The molecule has 1 atom stereocenters. The van der Waals surface area contributed by atoms with Gasteiger partial charge in [-0.25, -0.2) is 0 Å². The van der Waals surface area contributed by atoms with Crippen LogP contribution in [-0.4, -0.2) is 37.2 Å². The number of allylic oxidation sites excluding steroid dienone is 20. The number of hydrogen-bond donors (Lipinski definition) is 0. The van der Waals surface area contributed by atoms with Gasteiger partial charge in [-0.05, 0) is 116 Å². The van der Waals surface area contributed by atoms with E-state index in [0.29, 0.717) is 19.3 Å². The first kappa shape index (κ1) is 68.8. The first-order valence-corrected chi connectivity index (χ1v) is 30.0. The highest BCUT2D eigenvalue weighted by molar-refractivity contribution is 5.71. The topological polar surface area (TPSA) is 78.9 Å². The van der Waals surface area contributed by atoms with Crippen LogP contribution in [0.4, 0.5) is 0 Å². The van der Waals surface area contributed by atoms with Gasteiger partial charge >= 0.3 is 17.9 Å². The Morgan fingerprint density at radius 2 is 0.534 bits per heavy atom. The molecular weight excluding hydrogens is 901 g/mol. The number of carbonyl (C=O) groups is 3. The molecule has 0 aliphatic rings. The lowest BCUT2D eigenvalue weighted by atomic mass is 10.1. The molecule has 0 aromatic carbocycles. The van der Waals surface area contributed by atoms with Crippen LogP contribution < -0.4 is 0 Å². The second-order valence-corrected chi connectivity index (χ2v) is 19.5. The smallest absolute Gasteiger partial charge is 0.306 e. The Hall–Kier alpha value is -4.19. The number of carbonyl (C=O) groups excluding carboxylic acids is 3. The maximum Gasteiger partial charge on any atom is 0.306 e. The molecule has 0 aliphatic heterocycles. The predicted octanol–water partition coefficient (Wildman–Crippen LogP) is 20.4. The summed E-state index contributed by atoms with van der Waals surface area (Å²) in [6.07, 6.45) is 83.4. The largest absolute Gasteiger partial charge is 0.462 e. The molecule has 0 aliphatic carbocycles. The van der Waals surface area contributed by atoms with E-state index in [1.807, 2.05) is 0 Å². The van der Waals surface area contributed by atoms with E-state index in [0.717, 1.165) is 116 Å². The first-order valence-electron chi connectivity index (χ1n) is 30.0. The zero-order valence-corrected chi connectivity index (χ0v) is 47.4. The van der Waals surface area contributed by atoms with Crippen molar-refractivity contribution >= 4 is 17.9 Å². The number of rotatable bonds is 53. The van der Waals surface area contributed by atoms with Gasteiger partial charge in [-0.2, -0.15) is 0 Å². The summed E-state index contributed by atoms with van der Waals surface area (Å²) >= 11 is 0. The lowest BCUT2D eigenvalue weighted by Crippen LogP contribution is -2.30. The van der Waals surface area contributed by atoms with Gasteiger partial charge in [0.2, 0.25) is 0 Å². The average Bonchev–Trinajstić information content (AvgIpc) is 3.39. The molecule has 0 bridgehead atoms. The van der Waals surface area contributed by atoms with E-state index >= 15 is 0 Å². The highest BCUT2D eigenvalue weighted by atomic mass is 16.6. The number of unbranched alkanes of at least 4 members (excludes halogenated alkanes) is 22. The predicted molar refractivity (Wildman–Crippen MR) is 316 cm³/mol. The highest BCUT2D eigenvalue weighted by Crippen LogP contribution is 2.15. The Kier molecular flexibility index (Phi) is 56.9. The van der Waals surface area contributed by atoms with Crippen LogP contribution in [0, 0.1) is 0 Å². The molecule has 6 heteroatoms. The Morgan fingerprint density at radius 3 is 0.890 bits per heavy atom. The molecule has 1 unspecified atom stereocenters. The number of hydrogen-bond acceptors (Lipinski definition) is 6. The van der Waals surface area contributed by atoms with E-state index in [1.165, 1.54) is 109 Å². The Labute approximate surface area is 450 Å². The molecule has 0 saturated heterocycles. The van der Waals surface area contributed by atoms with Crippen molar-refractivity contribution in [1.29, 1.82) is 0 Å². The lowest BCUT2D eigenvalue weighted by Gasteiger charge is -2.18. The van der Waals surface area contributed by atoms with Crippen LogP contribution in [-0.2, 0) is 28.6 Å². The molecular formula is C67H110O6. The first-order chi connectivity index (χ1) is 36.0. The van der Waals surface area contributed by atoms with Gasteiger partial charge in [-0.1, -0.05) is 251 Å². The van der Waals surface area contributed by atoms with E-state index in [-0.39, 0.29) is 31.1 Å². The van der Waals surface area contributed by atoms with Gasteiger partial charge in [0.1, 0.15) is 13.2 Å². The molecule has 0 aromatic rings. The van der Waals surface area contributed by atoms with E-state index in [4.69, 9.17) is 14.2 Å². The molecule has 0 heterocycles. The summed E-state index contributed by atoms with van der Waals surface area (Å²) in [4.78, 5) is 38.1. The molecule has 0 saturated carbocycles. The molecule has 73 heavy (non-hydrogen) atoms. The van der Waals surface area contributed by atoms with Crippen molar-refractivity contribution in [3.63, 3.8) is 0 Å². The number of ether oxygens (including phenoxy) is 3. The molecule has 414 valence electrons. The minimum atomic E-state index is -0.799. The van der Waals surface area contributed by atoms with Crippen LogP contribution in [0.2, 0.25) is 0 Å². The van der Waals surface area contributed by atoms with Crippen molar-refractivity contribution in [2.24, 2.45) is 0 Å². The van der Waals surface area contributed by atoms with Crippen LogP contribution >= 0.6 is 0 Å². The van der Waals surface area contributed by atoms with E-state index in [9.17, 15) is 14.4 Å². The molecule has 0 amide bonds. The maximum atomic E-state index is 12.9. The van der Waals surface area contributed by atoms with Crippen molar-refractivity contribution in [3.8, 4) is 0 Å². The van der Waals surface area contributed by atoms with Gasteiger partial charge in [0.15, 0.2) is 6.10 Å². The normalized spacial score (nSPS) is 13.0. The van der Waals surface area contributed by atoms with Crippen molar-refractivity contribution in [2.75, 3.05) is 13.2 Å². The van der Waals surface area contributed by atoms with Crippen LogP contribution in [0.5, 0.6) is 0 Å². The van der Waals surface area contributed by atoms with Gasteiger partial charge in [-0.15, -0.1) is 0 Å². The lowest BCUT2D eigenvalue weighted by molar-refractivity contribution is -0.167.